The molecule has 3 saturated carbocycles. The van der Waals surface area contributed by atoms with Crippen LogP contribution in [0.15, 0.2) is 23.3 Å². The highest BCUT2D eigenvalue weighted by atomic mass is 16.3. The SMILES string of the molecule is C/C=C1/[C@H](O)CC2C3CC=C4C[C@@H](O)CC[C@]4(C)C3CCC12C. The summed E-state index contributed by atoms with van der Waals surface area (Å²) >= 11 is 0. The summed E-state index contributed by atoms with van der Waals surface area (Å²) in [5.74, 6) is 2.09. The fourth-order valence-electron chi connectivity index (χ4n) is 7.03. The predicted octanol–water partition coefficient (Wildman–Crippen LogP) is 4.23. The molecule has 0 aromatic carbocycles. The van der Waals surface area contributed by atoms with Gasteiger partial charge in [-0.25, -0.2) is 0 Å². The molecular formula is C21H32O2. The first kappa shape index (κ1) is 15.9. The smallest absolute Gasteiger partial charge is 0.0758 e. The summed E-state index contributed by atoms with van der Waals surface area (Å²) in [5, 5.41) is 20.7. The summed E-state index contributed by atoms with van der Waals surface area (Å²) in [5.41, 5.74) is 3.35. The standard InChI is InChI=1S/C21H32O2/c1-4-16-19(23)12-18-15-6-5-13-11-14(22)7-9-20(13,2)17(15)8-10-21(16,18)3/h4-5,14-15,17-19,22-23H,6-12H2,1-3H3/b16-4-/t14-,15?,17?,18?,19+,20-,21?/m0/s1. The topological polar surface area (TPSA) is 40.5 Å². The minimum Gasteiger partial charge on any atom is -0.393 e. The van der Waals surface area contributed by atoms with Gasteiger partial charge in [-0.05, 0) is 86.0 Å². The van der Waals surface area contributed by atoms with Crippen LogP contribution in [0.25, 0.3) is 0 Å². The van der Waals surface area contributed by atoms with Crippen molar-refractivity contribution in [1.82, 2.24) is 0 Å². The van der Waals surface area contributed by atoms with Crippen molar-refractivity contribution in [2.45, 2.75) is 77.9 Å². The fraction of sp³-hybridized carbons (Fsp3) is 0.810. The van der Waals surface area contributed by atoms with E-state index in [9.17, 15) is 10.2 Å². The zero-order chi connectivity index (χ0) is 16.4. The number of hydrogen-bond acceptors (Lipinski definition) is 2. The monoisotopic (exact) mass is 316 g/mol. The molecule has 4 rings (SSSR count). The van der Waals surface area contributed by atoms with Gasteiger partial charge in [0.15, 0.2) is 0 Å². The number of allylic oxidation sites excluding steroid dienone is 2. The van der Waals surface area contributed by atoms with Crippen molar-refractivity contribution in [3.05, 3.63) is 23.3 Å². The number of aliphatic hydroxyl groups is 2. The Morgan fingerprint density at radius 3 is 2.57 bits per heavy atom. The van der Waals surface area contributed by atoms with Gasteiger partial charge in [0, 0.05) is 0 Å². The lowest BCUT2D eigenvalue weighted by Crippen LogP contribution is -2.49. The van der Waals surface area contributed by atoms with Crippen molar-refractivity contribution >= 4 is 0 Å². The normalized spacial score (nSPS) is 54.2. The van der Waals surface area contributed by atoms with Gasteiger partial charge < -0.3 is 10.2 Å². The Hall–Kier alpha value is -0.600. The van der Waals surface area contributed by atoms with Crippen molar-refractivity contribution in [1.29, 1.82) is 0 Å². The van der Waals surface area contributed by atoms with E-state index in [2.05, 4.69) is 32.9 Å². The van der Waals surface area contributed by atoms with Crippen molar-refractivity contribution in [3.8, 4) is 0 Å². The molecule has 4 aliphatic carbocycles. The molecule has 2 heteroatoms. The number of aliphatic hydroxyl groups excluding tert-OH is 2. The fourth-order valence-corrected chi connectivity index (χ4v) is 7.03. The Morgan fingerprint density at radius 1 is 1.09 bits per heavy atom. The molecule has 128 valence electrons. The first-order chi connectivity index (χ1) is 10.9. The molecule has 0 saturated heterocycles. The minimum absolute atomic E-state index is 0.123. The Morgan fingerprint density at radius 2 is 1.83 bits per heavy atom. The molecule has 3 fully saturated rings. The maximum absolute atomic E-state index is 10.6. The third-order valence-corrected chi connectivity index (χ3v) is 8.27. The Balaban J connectivity index is 1.70. The molecule has 0 aliphatic heterocycles. The molecule has 0 spiro atoms. The maximum Gasteiger partial charge on any atom is 0.0758 e. The summed E-state index contributed by atoms with van der Waals surface area (Å²) in [6.07, 6.45) is 11.9. The zero-order valence-corrected chi connectivity index (χ0v) is 14.9. The lowest BCUT2D eigenvalue weighted by molar-refractivity contribution is -0.0278. The van der Waals surface area contributed by atoms with Crippen molar-refractivity contribution in [3.63, 3.8) is 0 Å². The van der Waals surface area contributed by atoms with Gasteiger partial charge in [0.2, 0.25) is 0 Å². The van der Waals surface area contributed by atoms with Crippen LogP contribution in [0.3, 0.4) is 0 Å². The van der Waals surface area contributed by atoms with E-state index in [0.717, 1.165) is 38.0 Å². The average molecular weight is 316 g/mol. The molecule has 0 bridgehead atoms. The van der Waals surface area contributed by atoms with Crippen LogP contribution in [0.4, 0.5) is 0 Å². The Bertz CT molecular complexity index is 562. The van der Waals surface area contributed by atoms with Crippen LogP contribution in [0, 0.1) is 28.6 Å². The number of rotatable bonds is 0. The molecule has 2 N–H and O–H groups in total. The molecular weight excluding hydrogens is 284 g/mol. The van der Waals surface area contributed by atoms with Crippen molar-refractivity contribution in [2.24, 2.45) is 28.6 Å². The first-order valence-corrected chi connectivity index (χ1v) is 9.62. The summed E-state index contributed by atoms with van der Waals surface area (Å²) in [6.45, 7) is 6.97. The quantitative estimate of drug-likeness (QED) is 0.657. The molecule has 0 aromatic heterocycles. The zero-order valence-electron chi connectivity index (χ0n) is 14.9. The Labute approximate surface area is 140 Å². The Kier molecular flexibility index (Phi) is 3.59. The highest BCUT2D eigenvalue weighted by Gasteiger charge is 2.58. The van der Waals surface area contributed by atoms with Gasteiger partial charge in [0.1, 0.15) is 0 Å². The van der Waals surface area contributed by atoms with E-state index in [1.807, 2.05) is 0 Å². The second-order valence-corrected chi connectivity index (χ2v) is 9.11. The van der Waals surface area contributed by atoms with E-state index in [0.29, 0.717) is 17.3 Å². The summed E-state index contributed by atoms with van der Waals surface area (Å²) < 4.78 is 0. The molecule has 2 nitrogen and oxygen atoms in total. The van der Waals surface area contributed by atoms with E-state index in [-0.39, 0.29) is 17.6 Å². The van der Waals surface area contributed by atoms with Crippen LogP contribution in [0.5, 0.6) is 0 Å². The number of hydrogen-bond donors (Lipinski definition) is 2. The van der Waals surface area contributed by atoms with Gasteiger partial charge in [0.25, 0.3) is 0 Å². The van der Waals surface area contributed by atoms with Crippen LogP contribution in [0.2, 0.25) is 0 Å². The second-order valence-electron chi connectivity index (χ2n) is 9.11. The van der Waals surface area contributed by atoms with Gasteiger partial charge in [-0.3, -0.25) is 0 Å². The molecule has 0 aromatic rings. The summed E-state index contributed by atoms with van der Waals surface area (Å²) in [4.78, 5) is 0. The summed E-state index contributed by atoms with van der Waals surface area (Å²) in [7, 11) is 0. The van der Waals surface area contributed by atoms with Crippen molar-refractivity contribution in [2.75, 3.05) is 0 Å². The van der Waals surface area contributed by atoms with Gasteiger partial charge in [0.05, 0.1) is 12.2 Å². The van der Waals surface area contributed by atoms with Crippen LogP contribution in [-0.4, -0.2) is 22.4 Å². The van der Waals surface area contributed by atoms with Crippen LogP contribution in [0.1, 0.15) is 65.7 Å². The van der Waals surface area contributed by atoms with E-state index in [4.69, 9.17) is 0 Å². The molecule has 0 radical (unpaired) electrons. The van der Waals surface area contributed by atoms with Gasteiger partial charge in [-0.1, -0.05) is 31.6 Å². The maximum atomic E-state index is 10.6. The van der Waals surface area contributed by atoms with Crippen LogP contribution < -0.4 is 0 Å². The molecule has 0 heterocycles. The number of fused-ring (bicyclic) bond motifs is 5. The van der Waals surface area contributed by atoms with E-state index in [1.165, 1.54) is 24.0 Å². The lowest BCUT2D eigenvalue weighted by Gasteiger charge is -2.57. The highest BCUT2D eigenvalue weighted by molar-refractivity contribution is 5.31. The third-order valence-electron chi connectivity index (χ3n) is 8.27. The largest absolute Gasteiger partial charge is 0.393 e. The third kappa shape index (κ3) is 2.07. The molecule has 23 heavy (non-hydrogen) atoms. The van der Waals surface area contributed by atoms with E-state index < -0.39 is 0 Å². The van der Waals surface area contributed by atoms with E-state index in [1.54, 1.807) is 0 Å². The highest BCUT2D eigenvalue weighted by Crippen LogP contribution is 2.66. The van der Waals surface area contributed by atoms with Crippen LogP contribution in [-0.2, 0) is 0 Å². The minimum atomic E-state index is -0.222. The van der Waals surface area contributed by atoms with Crippen LogP contribution >= 0.6 is 0 Å². The second kappa shape index (κ2) is 5.20. The van der Waals surface area contributed by atoms with Gasteiger partial charge >= 0.3 is 0 Å². The molecule has 0 amide bonds. The molecule has 4 unspecified atom stereocenters. The summed E-state index contributed by atoms with van der Waals surface area (Å²) in [6, 6.07) is 0. The average Bonchev–Trinajstić information content (AvgIpc) is 2.77. The van der Waals surface area contributed by atoms with E-state index >= 15 is 0 Å². The van der Waals surface area contributed by atoms with Crippen molar-refractivity contribution < 1.29 is 10.2 Å². The van der Waals surface area contributed by atoms with Gasteiger partial charge in [-0.15, -0.1) is 0 Å². The lowest BCUT2D eigenvalue weighted by atomic mass is 9.48. The molecule has 4 aliphatic rings. The van der Waals surface area contributed by atoms with Gasteiger partial charge in [-0.2, -0.15) is 0 Å². The molecule has 7 atom stereocenters. The first-order valence-electron chi connectivity index (χ1n) is 9.62. The predicted molar refractivity (Wildman–Crippen MR) is 92.9 cm³/mol.